The summed E-state index contributed by atoms with van der Waals surface area (Å²) >= 11 is 0. The third-order valence-corrected chi connectivity index (χ3v) is 2.72. The molecule has 2 rings (SSSR count). The Morgan fingerprint density at radius 2 is 2.05 bits per heavy atom. The molecule has 0 saturated heterocycles. The van der Waals surface area contributed by atoms with Crippen LogP contribution in [0.4, 0.5) is 11.5 Å². The highest BCUT2D eigenvalue weighted by atomic mass is 16.6. The molecule has 7 heteroatoms. The maximum atomic E-state index is 10.6. The third-order valence-electron chi connectivity index (χ3n) is 2.72. The van der Waals surface area contributed by atoms with Gasteiger partial charge in [-0.3, -0.25) is 10.1 Å². The van der Waals surface area contributed by atoms with E-state index in [0.717, 1.165) is 12.0 Å². The Morgan fingerprint density at radius 1 is 1.29 bits per heavy atom. The Bertz CT molecular complexity index is 601. The van der Waals surface area contributed by atoms with Gasteiger partial charge in [-0.1, -0.05) is 19.1 Å². The number of nitro groups is 1. The topological polar surface area (TPSA) is 90.2 Å². The van der Waals surface area contributed by atoms with Crippen molar-refractivity contribution >= 4 is 11.5 Å². The van der Waals surface area contributed by atoms with Crippen LogP contribution >= 0.6 is 0 Å². The van der Waals surface area contributed by atoms with Crippen LogP contribution in [0.3, 0.4) is 0 Å². The number of non-ortho nitro benzene ring substituents is 1. The van der Waals surface area contributed by atoms with Crippen molar-refractivity contribution in [1.82, 2.24) is 9.97 Å². The van der Waals surface area contributed by atoms with Crippen molar-refractivity contribution in [3.8, 4) is 5.88 Å². The summed E-state index contributed by atoms with van der Waals surface area (Å²) in [7, 11) is 0. The maximum absolute atomic E-state index is 10.6. The summed E-state index contributed by atoms with van der Waals surface area (Å²) in [5.41, 5.74) is 1.01. The summed E-state index contributed by atoms with van der Waals surface area (Å²) in [5, 5.41) is 13.7. The molecule has 0 spiro atoms. The zero-order valence-corrected chi connectivity index (χ0v) is 11.7. The number of nitrogens with zero attached hydrogens (tertiary/aromatic N) is 3. The quantitative estimate of drug-likeness (QED) is 0.622. The normalized spacial score (nSPS) is 10.1. The van der Waals surface area contributed by atoms with Gasteiger partial charge >= 0.3 is 0 Å². The predicted molar refractivity (Wildman–Crippen MR) is 78.2 cm³/mol. The molecule has 0 aliphatic carbocycles. The molecule has 0 unspecified atom stereocenters. The molecule has 2 aromatic rings. The minimum absolute atomic E-state index is 0.0797. The molecule has 0 fully saturated rings. The third kappa shape index (κ3) is 4.41. The number of hydrogen-bond donors (Lipinski definition) is 1. The standard InChI is InChI=1S/C14H16N4O3/c1-2-7-21-14-8-13(16-10-17-14)15-9-11-3-5-12(6-4-11)18(19)20/h3-6,8,10H,2,7,9H2,1H3,(H,15,16,17). The van der Waals surface area contributed by atoms with Crippen LogP contribution in [0.1, 0.15) is 18.9 Å². The van der Waals surface area contributed by atoms with E-state index in [1.54, 1.807) is 18.2 Å². The molecule has 0 aliphatic rings. The van der Waals surface area contributed by atoms with Gasteiger partial charge in [0.25, 0.3) is 5.69 Å². The van der Waals surface area contributed by atoms with E-state index in [1.807, 2.05) is 6.92 Å². The van der Waals surface area contributed by atoms with Gasteiger partial charge in [0.15, 0.2) is 0 Å². The van der Waals surface area contributed by atoms with Gasteiger partial charge in [0.1, 0.15) is 12.1 Å². The molecule has 0 saturated carbocycles. The fourth-order valence-electron chi connectivity index (χ4n) is 1.65. The fourth-order valence-corrected chi connectivity index (χ4v) is 1.65. The second-order valence-electron chi connectivity index (χ2n) is 4.37. The Labute approximate surface area is 122 Å². The van der Waals surface area contributed by atoms with Gasteiger partial charge in [-0.25, -0.2) is 9.97 Å². The monoisotopic (exact) mass is 288 g/mol. The number of anilines is 1. The van der Waals surface area contributed by atoms with E-state index in [1.165, 1.54) is 18.5 Å². The first-order valence-electron chi connectivity index (χ1n) is 6.61. The molecule has 0 atom stereocenters. The highest BCUT2D eigenvalue weighted by Gasteiger charge is 2.04. The van der Waals surface area contributed by atoms with Gasteiger partial charge in [-0.15, -0.1) is 0 Å². The van der Waals surface area contributed by atoms with E-state index < -0.39 is 4.92 Å². The van der Waals surface area contributed by atoms with E-state index in [-0.39, 0.29) is 5.69 Å². The summed E-state index contributed by atoms with van der Waals surface area (Å²) in [6.45, 7) is 3.15. The summed E-state index contributed by atoms with van der Waals surface area (Å²) < 4.78 is 5.42. The van der Waals surface area contributed by atoms with Gasteiger partial charge in [-0.2, -0.15) is 0 Å². The molecule has 7 nitrogen and oxygen atoms in total. The smallest absolute Gasteiger partial charge is 0.269 e. The molecule has 1 aromatic heterocycles. The SMILES string of the molecule is CCCOc1cc(NCc2ccc([N+](=O)[O-])cc2)ncn1. The van der Waals surface area contributed by atoms with Gasteiger partial charge in [0.2, 0.25) is 5.88 Å². The van der Waals surface area contributed by atoms with E-state index in [9.17, 15) is 10.1 Å². The van der Waals surface area contributed by atoms with Crippen LogP contribution < -0.4 is 10.1 Å². The molecule has 0 bridgehead atoms. The Hall–Kier alpha value is -2.70. The number of rotatable bonds is 7. The van der Waals surface area contributed by atoms with Crippen molar-refractivity contribution in [3.05, 3.63) is 52.3 Å². The van der Waals surface area contributed by atoms with Crippen molar-refractivity contribution < 1.29 is 9.66 Å². The molecule has 110 valence electrons. The average Bonchev–Trinajstić information content (AvgIpc) is 2.52. The lowest BCUT2D eigenvalue weighted by Gasteiger charge is -2.07. The van der Waals surface area contributed by atoms with Crippen LogP contribution in [0, 0.1) is 10.1 Å². The summed E-state index contributed by atoms with van der Waals surface area (Å²) in [4.78, 5) is 18.3. The first-order valence-corrected chi connectivity index (χ1v) is 6.61. The van der Waals surface area contributed by atoms with Crippen molar-refractivity contribution in [1.29, 1.82) is 0 Å². The predicted octanol–water partition coefficient (Wildman–Crippen LogP) is 2.79. The molecular formula is C14H16N4O3. The molecule has 0 aliphatic heterocycles. The summed E-state index contributed by atoms with van der Waals surface area (Å²) in [5.74, 6) is 1.17. The van der Waals surface area contributed by atoms with Crippen LogP contribution in [-0.2, 0) is 6.54 Å². The van der Waals surface area contributed by atoms with Crippen LogP contribution in [0.2, 0.25) is 0 Å². The lowest BCUT2D eigenvalue weighted by Crippen LogP contribution is -2.03. The maximum Gasteiger partial charge on any atom is 0.269 e. The van der Waals surface area contributed by atoms with Crippen LogP contribution in [0.5, 0.6) is 5.88 Å². The van der Waals surface area contributed by atoms with Gasteiger partial charge < -0.3 is 10.1 Å². The van der Waals surface area contributed by atoms with Crippen molar-refractivity contribution in [2.24, 2.45) is 0 Å². The fraction of sp³-hybridized carbons (Fsp3) is 0.286. The number of ether oxygens (including phenoxy) is 1. The molecule has 0 amide bonds. The molecule has 1 N–H and O–H groups in total. The molecule has 1 aromatic carbocycles. The minimum atomic E-state index is -0.418. The largest absolute Gasteiger partial charge is 0.478 e. The molecule has 21 heavy (non-hydrogen) atoms. The molecule has 1 heterocycles. The van der Waals surface area contributed by atoms with Crippen molar-refractivity contribution in [3.63, 3.8) is 0 Å². The number of nitro benzene ring substituents is 1. The Kier molecular flexibility index (Phi) is 5.03. The summed E-state index contributed by atoms with van der Waals surface area (Å²) in [6.07, 6.45) is 2.35. The highest BCUT2D eigenvalue weighted by molar-refractivity contribution is 5.39. The zero-order valence-electron chi connectivity index (χ0n) is 11.7. The van der Waals surface area contributed by atoms with E-state index in [0.29, 0.717) is 24.8 Å². The number of hydrogen-bond acceptors (Lipinski definition) is 6. The van der Waals surface area contributed by atoms with Gasteiger partial charge in [0.05, 0.1) is 11.5 Å². The molecule has 0 radical (unpaired) electrons. The van der Waals surface area contributed by atoms with E-state index in [2.05, 4.69) is 15.3 Å². The first-order chi connectivity index (χ1) is 10.2. The van der Waals surface area contributed by atoms with E-state index in [4.69, 9.17) is 4.74 Å². The second kappa shape index (κ2) is 7.18. The van der Waals surface area contributed by atoms with Crippen LogP contribution in [0.25, 0.3) is 0 Å². The lowest BCUT2D eigenvalue weighted by atomic mass is 10.2. The minimum Gasteiger partial charge on any atom is -0.478 e. The first kappa shape index (κ1) is 14.7. The Morgan fingerprint density at radius 3 is 2.71 bits per heavy atom. The van der Waals surface area contributed by atoms with Crippen molar-refractivity contribution in [2.75, 3.05) is 11.9 Å². The van der Waals surface area contributed by atoms with E-state index >= 15 is 0 Å². The van der Waals surface area contributed by atoms with Crippen LogP contribution in [0.15, 0.2) is 36.7 Å². The average molecular weight is 288 g/mol. The van der Waals surface area contributed by atoms with Gasteiger partial charge in [-0.05, 0) is 12.0 Å². The number of aromatic nitrogens is 2. The molecular weight excluding hydrogens is 272 g/mol. The number of nitrogens with one attached hydrogen (secondary N) is 1. The zero-order chi connectivity index (χ0) is 15.1. The van der Waals surface area contributed by atoms with Crippen LogP contribution in [-0.4, -0.2) is 21.5 Å². The van der Waals surface area contributed by atoms with Gasteiger partial charge in [0, 0.05) is 24.7 Å². The Balaban J connectivity index is 1.94. The second-order valence-corrected chi connectivity index (χ2v) is 4.37. The van der Waals surface area contributed by atoms with Crippen molar-refractivity contribution in [2.45, 2.75) is 19.9 Å². The highest BCUT2D eigenvalue weighted by Crippen LogP contribution is 2.15. The lowest BCUT2D eigenvalue weighted by molar-refractivity contribution is -0.384. The summed E-state index contributed by atoms with van der Waals surface area (Å²) in [6, 6.07) is 8.10. The number of benzene rings is 1.